The lowest BCUT2D eigenvalue weighted by Gasteiger charge is -2.21. The van der Waals surface area contributed by atoms with E-state index in [0.717, 1.165) is 19.3 Å². The second kappa shape index (κ2) is 7.10. The fourth-order valence-corrected chi connectivity index (χ4v) is 3.13. The number of hydrogen-bond donors (Lipinski definition) is 2. The Labute approximate surface area is 139 Å². The average molecular weight is 335 g/mol. The van der Waals surface area contributed by atoms with Crippen molar-refractivity contribution in [2.24, 2.45) is 5.73 Å². The summed E-state index contributed by atoms with van der Waals surface area (Å²) in [6.07, 6.45) is 3.18. The summed E-state index contributed by atoms with van der Waals surface area (Å²) in [6, 6.07) is 3.07. The van der Waals surface area contributed by atoms with Crippen LogP contribution in [-0.2, 0) is 9.53 Å². The first-order valence-corrected chi connectivity index (χ1v) is 8.08. The third kappa shape index (κ3) is 3.62. The van der Waals surface area contributed by atoms with Crippen molar-refractivity contribution in [2.75, 3.05) is 25.0 Å². The van der Waals surface area contributed by atoms with Gasteiger partial charge in [0, 0.05) is 31.7 Å². The molecule has 0 spiro atoms. The van der Waals surface area contributed by atoms with Gasteiger partial charge >= 0.3 is 0 Å². The number of carbonyl (C=O) groups is 1. The van der Waals surface area contributed by atoms with Gasteiger partial charge in [-0.05, 0) is 25.3 Å². The highest BCUT2D eigenvalue weighted by Crippen LogP contribution is 2.23. The summed E-state index contributed by atoms with van der Waals surface area (Å²) < 4.78 is 5.66. The van der Waals surface area contributed by atoms with Gasteiger partial charge in [0.05, 0.1) is 11.0 Å². The van der Waals surface area contributed by atoms with Crippen LogP contribution in [0.4, 0.5) is 11.5 Å². The maximum atomic E-state index is 12.5. The van der Waals surface area contributed by atoms with Crippen LogP contribution in [0.2, 0.25) is 0 Å². The third-order valence-electron chi connectivity index (χ3n) is 4.46. The van der Waals surface area contributed by atoms with E-state index in [1.807, 2.05) is 0 Å². The molecule has 1 aromatic heterocycles. The van der Waals surface area contributed by atoms with Crippen molar-refractivity contribution >= 4 is 17.4 Å². The largest absolute Gasteiger partial charge is 0.365 e. The van der Waals surface area contributed by atoms with Crippen LogP contribution >= 0.6 is 0 Å². The van der Waals surface area contributed by atoms with Crippen molar-refractivity contribution in [2.45, 2.75) is 37.5 Å². The Hall–Kier alpha value is -2.26. The van der Waals surface area contributed by atoms with Gasteiger partial charge < -0.3 is 20.7 Å². The van der Waals surface area contributed by atoms with Gasteiger partial charge in [-0.15, -0.1) is 0 Å². The van der Waals surface area contributed by atoms with E-state index in [2.05, 4.69) is 10.3 Å². The van der Waals surface area contributed by atoms with E-state index in [1.165, 1.54) is 12.3 Å². The predicted octanol–water partition coefficient (Wildman–Crippen LogP) is 0.509. The number of hydrogen-bond acceptors (Lipinski definition) is 7. The molecule has 24 heavy (non-hydrogen) atoms. The van der Waals surface area contributed by atoms with E-state index in [-0.39, 0.29) is 29.8 Å². The molecule has 3 N–H and O–H groups in total. The fraction of sp³-hybridized carbons (Fsp3) is 0.600. The molecule has 2 saturated heterocycles. The molecule has 0 aromatic carbocycles. The van der Waals surface area contributed by atoms with E-state index >= 15 is 0 Å². The van der Waals surface area contributed by atoms with E-state index < -0.39 is 4.92 Å². The molecule has 1 amide bonds. The molecule has 9 heteroatoms. The number of nitrogens with one attached hydrogen (secondary N) is 1. The van der Waals surface area contributed by atoms with Crippen LogP contribution in [-0.4, -0.2) is 58.6 Å². The molecule has 0 saturated carbocycles. The molecule has 2 aliphatic heterocycles. The van der Waals surface area contributed by atoms with Crippen LogP contribution in [0, 0.1) is 10.1 Å². The molecule has 0 bridgehead atoms. The van der Waals surface area contributed by atoms with Crippen LogP contribution in [0.5, 0.6) is 0 Å². The predicted molar refractivity (Wildman–Crippen MR) is 86.4 cm³/mol. The van der Waals surface area contributed by atoms with Crippen molar-refractivity contribution in [3.05, 3.63) is 28.4 Å². The summed E-state index contributed by atoms with van der Waals surface area (Å²) in [6.45, 7) is 1.68. The van der Waals surface area contributed by atoms with E-state index in [0.29, 0.717) is 25.5 Å². The number of aromatic nitrogens is 1. The van der Waals surface area contributed by atoms with Crippen molar-refractivity contribution in [3.63, 3.8) is 0 Å². The molecular weight excluding hydrogens is 314 g/mol. The Morgan fingerprint density at radius 2 is 2.29 bits per heavy atom. The standard InChI is InChI=1S/C15H21N5O4/c16-7-12-2-3-13(24-12)15(21)19-6-5-10(9-19)18-14-4-1-11(8-17-14)20(22)23/h1,4,8,10,12-13H,2-3,5-7,9,16H2,(H,17,18)/t10?,12-,13+/m1/s1. The SMILES string of the molecule is NC[C@H]1CC[C@@H](C(=O)N2CCC(Nc3ccc([N+](=O)[O-])cn3)C2)O1. The molecule has 1 aromatic rings. The normalized spacial score (nSPS) is 26.5. The van der Waals surface area contributed by atoms with Gasteiger partial charge in [0.15, 0.2) is 0 Å². The Balaban J connectivity index is 1.52. The Kier molecular flexibility index (Phi) is 4.91. The van der Waals surface area contributed by atoms with Gasteiger partial charge in [0.25, 0.3) is 11.6 Å². The van der Waals surface area contributed by atoms with Crippen LogP contribution in [0.3, 0.4) is 0 Å². The molecule has 3 rings (SSSR count). The smallest absolute Gasteiger partial charge is 0.287 e. The quantitative estimate of drug-likeness (QED) is 0.593. The van der Waals surface area contributed by atoms with Gasteiger partial charge in [-0.25, -0.2) is 4.98 Å². The summed E-state index contributed by atoms with van der Waals surface area (Å²) in [7, 11) is 0. The molecule has 3 heterocycles. The van der Waals surface area contributed by atoms with Gasteiger partial charge in [-0.3, -0.25) is 14.9 Å². The minimum Gasteiger partial charge on any atom is -0.365 e. The lowest BCUT2D eigenvalue weighted by atomic mass is 10.2. The highest BCUT2D eigenvalue weighted by molar-refractivity contribution is 5.81. The van der Waals surface area contributed by atoms with Crippen molar-refractivity contribution in [1.82, 2.24) is 9.88 Å². The maximum absolute atomic E-state index is 12.5. The molecule has 1 unspecified atom stereocenters. The van der Waals surface area contributed by atoms with Gasteiger partial charge in [0.1, 0.15) is 18.1 Å². The summed E-state index contributed by atoms with van der Waals surface area (Å²) >= 11 is 0. The minimum atomic E-state index is -0.483. The number of nitro groups is 1. The lowest BCUT2D eigenvalue weighted by molar-refractivity contribution is -0.385. The highest BCUT2D eigenvalue weighted by Gasteiger charge is 2.35. The summed E-state index contributed by atoms with van der Waals surface area (Å²) in [5.41, 5.74) is 5.53. The Morgan fingerprint density at radius 1 is 1.46 bits per heavy atom. The highest BCUT2D eigenvalue weighted by atomic mass is 16.6. The number of amides is 1. The molecule has 0 aliphatic carbocycles. The Morgan fingerprint density at radius 3 is 2.92 bits per heavy atom. The topological polar surface area (TPSA) is 124 Å². The third-order valence-corrected chi connectivity index (χ3v) is 4.46. The maximum Gasteiger partial charge on any atom is 0.287 e. The second-order valence-corrected chi connectivity index (χ2v) is 6.13. The zero-order valence-corrected chi connectivity index (χ0v) is 13.3. The molecule has 2 fully saturated rings. The first-order valence-electron chi connectivity index (χ1n) is 8.08. The lowest BCUT2D eigenvalue weighted by Crippen LogP contribution is -2.39. The fourth-order valence-electron chi connectivity index (χ4n) is 3.13. The second-order valence-electron chi connectivity index (χ2n) is 6.13. The van der Waals surface area contributed by atoms with E-state index in [4.69, 9.17) is 10.5 Å². The average Bonchev–Trinajstić information content (AvgIpc) is 3.24. The number of carbonyl (C=O) groups excluding carboxylic acids is 1. The molecular formula is C15H21N5O4. The minimum absolute atomic E-state index is 0.0141. The van der Waals surface area contributed by atoms with Crippen LogP contribution in [0.1, 0.15) is 19.3 Å². The van der Waals surface area contributed by atoms with E-state index in [1.54, 1.807) is 11.0 Å². The number of ether oxygens (including phenoxy) is 1. The summed E-state index contributed by atoms with van der Waals surface area (Å²) in [5, 5.41) is 13.8. The molecule has 0 radical (unpaired) electrons. The van der Waals surface area contributed by atoms with Crippen LogP contribution < -0.4 is 11.1 Å². The molecule has 130 valence electrons. The summed E-state index contributed by atoms with van der Waals surface area (Å²) in [4.78, 5) is 28.4. The number of anilines is 1. The molecule has 2 aliphatic rings. The zero-order chi connectivity index (χ0) is 17.1. The first-order chi connectivity index (χ1) is 11.6. The number of nitrogens with zero attached hydrogens (tertiary/aromatic N) is 3. The number of pyridine rings is 1. The zero-order valence-electron chi connectivity index (χ0n) is 13.3. The Bertz CT molecular complexity index is 608. The van der Waals surface area contributed by atoms with Gasteiger partial charge in [-0.2, -0.15) is 0 Å². The number of likely N-dealkylation sites (tertiary alicyclic amines) is 1. The van der Waals surface area contributed by atoms with Crippen LogP contribution in [0.15, 0.2) is 18.3 Å². The molecule has 3 atom stereocenters. The van der Waals surface area contributed by atoms with E-state index in [9.17, 15) is 14.9 Å². The van der Waals surface area contributed by atoms with Gasteiger partial charge in [0.2, 0.25) is 0 Å². The van der Waals surface area contributed by atoms with Crippen molar-refractivity contribution in [1.29, 1.82) is 0 Å². The van der Waals surface area contributed by atoms with Crippen molar-refractivity contribution in [3.8, 4) is 0 Å². The number of nitrogens with two attached hydrogens (primary N) is 1. The first kappa shape index (κ1) is 16.6. The van der Waals surface area contributed by atoms with Crippen molar-refractivity contribution < 1.29 is 14.5 Å². The van der Waals surface area contributed by atoms with Crippen LogP contribution in [0.25, 0.3) is 0 Å². The molecule has 9 nitrogen and oxygen atoms in total. The summed E-state index contributed by atoms with van der Waals surface area (Å²) in [5.74, 6) is 0.590. The van der Waals surface area contributed by atoms with Gasteiger partial charge in [-0.1, -0.05) is 0 Å². The number of rotatable bonds is 5. The monoisotopic (exact) mass is 335 g/mol.